The summed E-state index contributed by atoms with van der Waals surface area (Å²) in [6.07, 6.45) is 7.45. The van der Waals surface area contributed by atoms with Gasteiger partial charge in [0.05, 0.1) is 28.8 Å². The Morgan fingerprint density at radius 3 is 2.45 bits per heavy atom. The Bertz CT molecular complexity index is 584. The van der Waals surface area contributed by atoms with Gasteiger partial charge in [0.1, 0.15) is 6.29 Å². The largest absolute Gasteiger partial charge is 0.494 e. The molecule has 22 heavy (non-hydrogen) atoms. The molecule has 3 fully saturated rings. The van der Waals surface area contributed by atoms with Gasteiger partial charge in [-0.3, -0.25) is 0 Å². The number of carbonyl (C=O) groups is 1. The normalized spacial score (nSPS) is 47.0. The summed E-state index contributed by atoms with van der Waals surface area (Å²) in [5, 5.41) is 2.17. The average molecular weight is 302 g/mol. The van der Waals surface area contributed by atoms with Crippen LogP contribution in [-0.2, 0) is 14.1 Å². The first-order valence-corrected chi connectivity index (χ1v) is 7.97. The number of hydrogen-bond donors (Lipinski definition) is 1. The van der Waals surface area contributed by atoms with Crippen molar-refractivity contribution < 1.29 is 14.1 Å². The van der Waals surface area contributed by atoms with Gasteiger partial charge >= 0.3 is 7.12 Å². The van der Waals surface area contributed by atoms with Gasteiger partial charge in [-0.05, 0) is 40.1 Å². The van der Waals surface area contributed by atoms with Crippen molar-refractivity contribution in [2.45, 2.75) is 63.4 Å². The van der Waals surface area contributed by atoms with E-state index >= 15 is 0 Å². The van der Waals surface area contributed by atoms with E-state index in [0.717, 1.165) is 11.8 Å². The predicted molar refractivity (Wildman–Crippen MR) is 83.8 cm³/mol. The van der Waals surface area contributed by atoms with Crippen LogP contribution in [0.2, 0.25) is 0 Å². The first kappa shape index (κ1) is 14.6. The zero-order valence-electron chi connectivity index (χ0n) is 13.8. The first-order valence-electron chi connectivity index (χ1n) is 7.97. The van der Waals surface area contributed by atoms with Crippen molar-refractivity contribution in [1.29, 1.82) is 0 Å². The van der Waals surface area contributed by atoms with Crippen LogP contribution in [0.1, 0.15) is 34.6 Å². The molecule has 0 bridgehead atoms. The molecule has 0 aromatic heterocycles. The van der Waals surface area contributed by atoms with Crippen LogP contribution in [-0.4, -0.2) is 47.2 Å². The second kappa shape index (κ2) is 4.12. The maximum absolute atomic E-state index is 11.4. The molecule has 1 aliphatic carbocycles. The molecule has 0 saturated carbocycles. The lowest BCUT2D eigenvalue weighted by Gasteiger charge is -2.32. The Hall–Kier alpha value is -0.945. The lowest BCUT2D eigenvalue weighted by atomic mass is 9.75. The van der Waals surface area contributed by atoms with Crippen LogP contribution in [0.15, 0.2) is 23.7 Å². The van der Waals surface area contributed by atoms with Crippen molar-refractivity contribution in [2.75, 3.05) is 0 Å². The molecule has 0 amide bonds. The molecule has 1 N–H and O–H groups in total. The fourth-order valence-corrected chi connectivity index (χ4v) is 3.88. The third-order valence-electron chi connectivity index (χ3n) is 6.19. The SMILES string of the molecule is CC1(C)OB(C2=CC3C(C=O)NN4C(C=C2)[C@@]34C)OC1(C)C. The zero-order valence-corrected chi connectivity index (χ0v) is 13.8. The molecule has 4 aliphatic rings. The van der Waals surface area contributed by atoms with Crippen LogP contribution >= 0.6 is 0 Å². The summed E-state index contributed by atoms with van der Waals surface area (Å²) in [7, 11) is -0.372. The minimum atomic E-state index is -0.372. The molecule has 0 aromatic carbocycles. The Balaban J connectivity index is 1.66. The number of hydrazine groups is 1. The summed E-state index contributed by atoms with van der Waals surface area (Å²) >= 11 is 0. The molecule has 0 aromatic rings. The zero-order chi connectivity index (χ0) is 15.9. The van der Waals surface area contributed by atoms with Gasteiger partial charge in [-0.15, -0.1) is 0 Å². The van der Waals surface area contributed by atoms with Crippen molar-refractivity contribution in [3.05, 3.63) is 23.7 Å². The topological polar surface area (TPSA) is 50.6 Å². The molecule has 3 heterocycles. The minimum absolute atomic E-state index is 0.00648. The van der Waals surface area contributed by atoms with E-state index in [9.17, 15) is 4.79 Å². The van der Waals surface area contributed by atoms with E-state index in [4.69, 9.17) is 9.31 Å². The van der Waals surface area contributed by atoms with Crippen LogP contribution in [0.3, 0.4) is 0 Å². The molecular weight excluding hydrogens is 279 g/mol. The standard InChI is InChI=1S/C16H23BN2O3/c1-14(2)15(3,4)22-17(21-14)10-6-7-13-16(5)11(8-10)12(9-20)18-19(13)16/h6-9,11-13,18H,1-5H3/t11?,12?,13?,16-,19?/m1/s1. The van der Waals surface area contributed by atoms with E-state index < -0.39 is 0 Å². The Morgan fingerprint density at radius 2 is 1.86 bits per heavy atom. The summed E-state index contributed by atoms with van der Waals surface area (Å²) in [5.41, 5.74) is 3.60. The van der Waals surface area contributed by atoms with E-state index in [1.165, 1.54) is 0 Å². The summed E-state index contributed by atoms with van der Waals surface area (Å²) in [4.78, 5) is 11.4. The molecule has 3 aliphatic heterocycles. The highest BCUT2D eigenvalue weighted by molar-refractivity contribution is 6.55. The number of rotatable bonds is 2. The van der Waals surface area contributed by atoms with Gasteiger partial charge in [0.2, 0.25) is 0 Å². The van der Waals surface area contributed by atoms with Crippen LogP contribution < -0.4 is 5.43 Å². The lowest BCUT2D eigenvalue weighted by molar-refractivity contribution is -0.110. The highest BCUT2D eigenvalue weighted by Gasteiger charge is 2.69. The number of nitrogens with zero attached hydrogens (tertiary/aromatic N) is 1. The van der Waals surface area contributed by atoms with Crippen LogP contribution in [0.5, 0.6) is 0 Å². The number of carbonyl (C=O) groups excluding carboxylic acids is 1. The molecule has 3 saturated heterocycles. The first-order chi connectivity index (χ1) is 10.2. The maximum atomic E-state index is 11.4. The maximum Gasteiger partial charge on any atom is 0.494 e. The number of allylic oxidation sites excluding steroid dienone is 2. The third kappa shape index (κ3) is 1.67. The van der Waals surface area contributed by atoms with Crippen LogP contribution in [0.4, 0.5) is 0 Å². The summed E-state index contributed by atoms with van der Waals surface area (Å²) in [6, 6.07) is 0.170. The highest BCUT2D eigenvalue weighted by atomic mass is 16.7. The Labute approximate surface area is 131 Å². The smallest absolute Gasteiger partial charge is 0.399 e. The van der Waals surface area contributed by atoms with Crippen LogP contribution in [0, 0.1) is 5.92 Å². The molecule has 5 atom stereocenters. The molecule has 4 rings (SSSR count). The summed E-state index contributed by atoms with van der Waals surface area (Å²) in [6.45, 7) is 10.4. The van der Waals surface area contributed by atoms with Gasteiger partial charge < -0.3 is 14.1 Å². The van der Waals surface area contributed by atoms with Crippen LogP contribution in [0.25, 0.3) is 0 Å². The van der Waals surface area contributed by atoms with Gasteiger partial charge in [0, 0.05) is 5.92 Å². The van der Waals surface area contributed by atoms with E-state index in [1.54, 1.807) is 0 Å². The molecule has 6 heteroatoms. The third-order valence-corrected chi connectivity index (χ3v) is 6.19. The fraction of sp³-hybridized carbons (Fsp3) is 0.688. The molecule has 4 unspecified atom stereocenters. The van der Waals surface area contributed by atoms with Crippen molar-refractivity contribution in [3.8, 4) is 0 Å². The monoisotopic (exact) mass is 302 g/mol. The van der Waals surface area contributed by atoms with E-state index in [0.29, 0.717) is 6.04 Å². The quantitative estimate of drug-likeness (QED) is 0.473. The summed E-state index contributed by atoms with van der Waals surface area (Å²) < 4.78 is 12.3. The molecule has 0 radical (unpaired) electrons. The Morgan fingerprint density at radius 1 is 1.23 bits per heavy atom. The van der Waals surface area contributed by atoms with E-state index in [-0.39, 0.29) is 35.8 Å². The fourth-order valence-electron chi connectivity index (χ4n) is 3.88. The number of fused-ring (bicyclic) bond motifs is 1. The number of nitrogens with one attached hydrogen (secondary N) is 1. The average Bonchev–Trinajstić information content (AvgIpc) is 2.78. The molecule has 118 valence electrons. The van der Waals surface area contributed by atoms with Crippen molar-refractivity contribution in [3.63, 3.8) is 0 Å². The van der Waals surface area contributed by atoms with Gasteiger partial charge in [-0.2, -0.15) is 0 Å². The Kier molecular flexibility index (Phi) is 2.74. The van der Waals surface area contributed by atoms with Gasteiger partial charge in [0.15, 0.2) is 0 Å². The van der Waals surface area contributed by atoms with Gasteiger partial charge in [-0.25, -0.2) is 10.4 Å². The van der Waals surface area contributed by atoms with Crippen molar-refractivity contribution >= 4 is 13.4 Å². The highest BCUT2D eigenvalue weighted by Crippen LogP contribution is 2.54. The predicted octanol–water partition coefficient (Wildman–Crippen LogP) is 1.26. The second-order valence-corrected chi connectivity index (χ2v) is 7.97. The molecular formula is C16H23BN2O3. The van der Waals surface area contributed by atoms with E-state index in [2.05, 4.69) is 63.3 Å². The van der Waals surface area contributed by atoms with E-state index in [1.807, 2.05) is 0 Å². The summed E-state index contributed by atoms with van der Waals surface area (Å²) in [5.74, 6) is 0.138. The van der Waals surface area contributed by atoms with Crippen molar-refractivity contribution in [1.82, 2.24) is 10.4 Å². The number of hydrogen-bond acceptors (Lipinski definition) is 5. The minimum Gasteiger partial charge on any atom is -0.399 e. The molecule has 0 spiro atoms. The number of aldehydes is 1. The van der Waals surface area contributed by atoms with Crippen molar-refractivity contribution in [2.24, 2.45) is 5.92 Å². The van der Waals surface area contributed by atoms with Gasteiger partial charge in [0.25, 0.3) is 0 Å². The molecule has 5 nitrogen and oxygen atoms in total. The second-order valence-electron chi connectivity index (χ2n) is 7.97. The van der Waals surface area contributed by atoms with Gasteiger partial charge in [-0.1, -0.05) is 18.2 Å². The lowest BCUT2D eigenvalue weighted by Crippen LogP contribution is -2.41.